The molecule has 1 N–H and O–H groups in total. The highest BCUT2D eigenvalue weighted by Gasteiger charge is 2.15. The van der Waals surface area contributed by atoms with Crippen molar-refractivity contribution in [2.45, 2.75) is 19.3 Å². The molecule has 0 saturated carbocycles. The van der Waals surface area contributed by atoms with Crippen molar-refractivity contribution in [3.63, 3.8) is 0 Å². The molecule has 0 fully saturated rings. The van der Waals surface area contributed by atoms with Gasteiger partial charge in [0.05, 0.1) is 19.1 Å². The number of carbonyl (C=O) groups excluding carboxylic acids is 2. The molecular formula is C15H19NO5. The van der Waals surface area contributed by atoms with Crippen LogP contribution in [0.25, 0.3) is 0 Å². The lowest BCUT2D eigenvalue weighted by Crippen LogP contribution is -2.30. The molecule has 1 aromatic carbocycles. The molecule has 0 aliphatic heterocycles. The summed E-state index contributed by atoms with van der Waals surface area (Å²) in [5.74, 6) is -1.55. The molecule has 0 spiro atoms. The van der Waals surface area contributed by atoms with Gasteiger partial charge in [-0.15, -0.1) is 0 Å². The van der Waals surface area contributed by atoms with E-state index in [1.54, 1.807) is 25.2 Å². The summed E-state index contributed by atoms with van der Waals surface area (Å²) in [5.41, 5.74) is 0.614. The minimum absolute atomic E-state index is 0.0250. The van der Waals surface area contributed by atoms with E-state index in [1.165, 1.54) is 18.1 Å². The second kappa shape index (κ2) is 8.04. The fraction of sp³-hybridized carbons (Fsp3) is 0.400. The van der Waals surface area contributed by atoms with E-state index in [4.69, 9.17) is 5.11 Å². The lowest BCUT2D eigenvalue weighted by atomic mass is 10.0. The molecule has 6 nitrogen and oxygen atoms in total. The molecular weight excluding hydrogens is 274 g/mol. The number of likely N-dealkylation sites (N-methyl/N-ethyl adjacent to an activating group) is 1. The van der Waals surface area contributed by atoms with E-state index in [-0.39, 0.29) is 30.3 Å². The Morgan fingerprint density at radius 1 is 1.24 bits per heavy atom. The van der Waals surface area contributed by atoms with Crippen molar-refractivity contribution in [3.05, 3.63) is 35.4 Å². The molecule has 0 unspecified atom stereocenters. The Labute approximate surface area is 123 Å². The van der Waals surface area contributed by atoms with Crippen molar-refractivity contribution in [2.24, 2.45) is 0 Å². The standard InChI is InChI=1S/C15H19NO5/c1-16(9-5-8-14(18)21-2)13(17)10-11-6-3-4-7-12(11)15(19)20/h3-4,6-7H,5,8-10H2,1-2H3,(H,19,20). The van der Waals surface area contributed by atoms with Crippen molar-refractivity contribution >= 4 is 17.8 Å². The molecule has 0 atom stereocenters. The zero-order valence-corrected chi connectivity index (χ0v) is 12.2. The van der Waals surface area contributed by atoms with E-state index >= 15 is 0 Å². The first-order valence-corrected chi connectivity index (χ1v) is 6.57. The topological polar surface area (TPSA) is 83.9 Å². The Kier molecular flexibility index (Phi) is 6.39. The number of carbonyl (C=O) groups is 3. The van der Waals surface area contributed by atoms with Crippen LogP contribution in [-0.2, 0) is 20.7 Å². The molecule has 1 aromatic rings. The Bertz CT molecular complexity index is 527. The average molecular weight is 293 g/mol. The normalized spacial score (nSPS) is 10.0. The molecule has 0 radical (unpaired) electrons. The molecule has 0 aliphatic rings. The number of rotatable bonds is 7. The van der Waals surface area contributed by atoms with Crippen molar-refractivity contribution in [2.75, 3.05) is 20.7 Å². The maximum Gasteiger partial charge on any atom is 0.335 e. The number of carboxylic acid groups (broad SMARTS) is 1. The lowest BCUT2D eigenvalue weighted by Gasteiger charge is -2.17. The van der Waals surface area contributed by atoms with E-state index < -0.39 is 5.97 Å². The van der Waals surface area contributed by atoms with Gasteiger partial charge in [-0.3, -0.25) is 9.59 Å². The van der Waals surface area contributed by atoms with E-state index in [0.29, 0.717) is 18.5 Å². The summed E-state index contributed by atoms with van der Waals surface area (Å²) in [6.07, 6.45) is 0.784. The number of amides is 1. The van der Waals surface area contributed by atoms with E-state index in [9.17, 15) is 14.4 Å². The summed E-state index contributed by atoms with van der Waals surface area (Å²) >= 11 is 0. The third-order valence-electron chi connectivity index (χ3n) is 3.12. The Balaban J connectivity index is 2.56. The molecule has 0 bridgehead atoms. The molecule has 0 saturated heterocycles. The number of aromatic carboxylic acids is 1. The van der Waals surface area contributed by atoms with Gasteiger partial charge in [-0.25, -0.2) is 4.79 Å². The van der Waals surface area contributed by atoms with Crippen LogP contribution in [-0.4, -0.2) is 48.6 Å². The van der Waals surface area contributed by atoms with Crippen molar-refractivity contribution in [1.29, 1.82) is 0 Å². The van der Waals surface area contributed by atoms with Crippen molar-refractivity contribution in [1.82, 2.24) is 4.90 Å². The molecule has 6 heteroatoms. The summed E-state index contributed by atoms with van der Waals surface area (Å²) in [5, 5.41) is 9.07. The number of hydrogen-bond donors (Lipinski definition) is 1. The number of nitrogens with zero attached hydrogens (tertiary/aromatic N) is 1. The number of esters is 1. The van der Waals surface area contributed by atoms with Gasteiger partial charge in [0.15, 0.2) is 0 Å². The summed E-state index contributed by atoms with van der Waals surface area (Å²) in [6.45, 7) is 0.420. The summed E-state index contributed by atoms with van der Waals surface area (Å²) in [4.78, 5) is 35.6. The van der Waals surface area contributed by atoms with E-state index in [0.717, 1.165) is 0 Å². The molecule has 21 heavy (non-hydrogen) atoms. The molecule has 0 aliphatic carbocycles. The van der Waals surface area contributed by atoms with Gasteiger partial charge in [0.1, 0.15) is 0 Å². The fourth-order valence-electron chi connectivity index (χ4n) is 1.87. The van der Waals surface area contributed by atoms with Crippen LogP contribution < -0.4 is 0 Å². The first-order valence-electron chi connectivity index (χ1n) is 6.57. The molecule has 0 aromatic heterocycles. The first kappa shape index (κ1) is 16.7. The van der Waals surface area contributed by atoms with Crippen LogP contribution in [0.5, 0.6) is 0 Å². The third kappa shape index (κ3) is 5.25. The quantitative estimate of drug-likeness (QED) is 0.767. The minimum Gasteiger partial charge on any atom is -0.478 e. The van der Waals surface area contributed by atoms with Crippen LogP contribution in [0.1, 0.15) is 28.8 Å². The van der Waals surface area contributed by atoms with Crippen molar-refractivity contribution in [3.8, 4) is 0 Å². The van der Waals surface area contributed by atoms with Crippen LogP contribution in [0, 0.1) is 0 Å². The van der Waals surface area contributed by atoms with Gasteiger partial charge in [0, 0.05) is 20.0 Å². The maximum absolute atomic E-state index is 12.0. The number of ether oxygens (including phenoxy) is 1. The maximum atomic E-state index is 12.0. The second-order valence-corrected chi connectivity index (χ2v) is 4.63. The van der Waals surface area contributed by atoms with Gasteiger partial charge in [-0.2, -0.15) is 0 Å². The monoisotopic (exact) mass is 293 g/mol. The highest BCUT2D eigenvalue weighted by molar-refractivity contribution is 5.91. The molecule has 114 valence electrons. The predicted octanol–water partition coefficient (Wildman–Crippen LogP) is 1.34. The number of benzene rings is 1. The van der Waals surface area contributed by atoms with Gasteiger partial charge in [0.2, 0.25) is 5.91 Å². The molecule has 0 heterocycles. The second-order valence-electron chi connectivity index (χ2n) is 4.63. The smallest absolute Gasteiger partial charge is 0.335 e. The van der Waals surface area contributed by atoms with Crippen LogP contribution in [0.4, 0.5) is 0 Å². The average Bonchev–Trinajstić information content (AvgIpc) is 2.47. The van der Waals surface area contributed by atoms with Crippen LogP contribution >= 0.6 is 0 Å². The Morgan fingerprint density at radius 2 is 1.90 bits per heavy atom. The predicted molar refractivity (Wildman–Crippen MR) is 76.0 cm³/mol. The zero-order valence-electron chi connectivity index (χ0n) is 12.2. The van der Waals surface area contributed by atoms with Crippen molar-refractivity contribution < 1.29 is 24.2 Å². The molecule has 1 amide bonds. The van der Waals surface area contributed by atoms with Gasteiger partial charge >= 0.3 is 11.9 Å². The largest absolute Gasteiger partial charge is 0.478 e. The van der Waals surface area contributed by atoms with Crippen LogP contribution in [0.3, 0.4) is 0 Å². The van der Waals surface area contributed by atoms with E-state index in [1.807, 2.05) is 0 Å². The SMILES string of the molecule is COC(=O)CCCN(C)C(=O)Cc1ccccc1C(=O)O. The molecule has 1 rings (SSSR count). The first-order chi connectivity index (χ1) is 9.95. The summed E-state index contributed by atoms with van der Waals surface area (Å²) in [7, 11) is 2.95. The number of carboxylic acids is 1. The van der Waals surface area contributed by atoms with Gasteiger partial charge in [-0.1, -0.05) is 18.2 Å². The number of methoxy groups -OCH3 is 1. The van der Waals surface area contributed by atoms with Gasteiger partial charge < -0.3 is 14.7 Å². The lowest BCUT2D eigenvalue weighted by molar-refractivity contribution is -0.141. The minimum atomic E-state index is -1.05. The Morgan fingerprint density at radius 3 is 2.52 bits per heavy atom. The van der Waals surface area contributed by atoms with Gasteiger partial charge in [0.25, 0.3) is 0 Å². The Hall–Kier alpha value is -2.37. The van der Waals surface area contributed by atoms with Gasteiger partial charge in [-0.05, 0) is 18.1 Å². The highest BCUT2D eigenvalue weighted by atomic mass is 16.5. The summed E-state index contributed by atoms with van der Waals surface area (Å²) in [6, 6.07) is 6.43. The fourth-order valence-corrected chi connectivity index (χ4v) is 1.87. The highest BCUT2D eigenvalue weighted by Crippen LogP contribution is 2.11. The third-order valence-corrected chi connectivity index (χ3v) is 3.12. The van der Waals surface area contributed by atoms with Crippen LogP contribution in [0.15, 0.2) is 24.3 Å². The summed E-state index contributed by atoms with van der Waals surface area (Å²) < 4.78 is 4.52. The van der Waals surface area contributed by atoms with Crippen LogP contribution in [0.2, 0.25) is 0 Å². The zero-order chi connectivity index (χ0) is 15.8. The van der Waals surface area contributed by atoms with E-state index in [2.05, 4.69) is 4.74 Å². The number of hydrogen-bond acceptors (Lipinski definition) is 4.